The zero-order valence-electron chi connectivity index (χ0n) is 3.50. The molecule has 0 aliphatic carbocycles. The van der Waals surface area contributed by atoms with Crippen molar-refractivity contribution in [1.82, 2.24) is 0 Å². The maximum Gasteiger partial charge on any atom is 0.166 e. The molecular formula is C3H5ClO2S. The minimum atomic E-state index is -0.640. The van der Waals surface area contributed by atoms with Crippen LogP contribution in [0.4, 0.5) is 0 Å². The first-order chi connectivity index (χ1) is 3.31. The van der Waals surface area contributed by atoms with Crippen LogP contribution in [0.2, 0.25) is 0 Å². The molecule has 0 amide bonds. The first-order valence-corrected chi connectivity index (χ1v) is 2.73. The van der Waals surface area contributed by atoms with E-state index in [-0.39, 0.29) is 0 Å². The molecular weight excluding hydrogens is 136 g/mol. The summed E-state index contributed by atoms with van der Waals surface area (Å²) in [5.41, 5.74) is -0.640. The molecule has 0 rings (SSSR count). The average Bonchev–Trinajstić information content (AvgIpc) is 1.68. The van der Waals surface area contributed by atoms with Gasteiger partial charge < -0.3 is 0 Å². The zero-order chi connectivity index (χ0) is 5.70. The van der Waals surface area contributed by atoms with Gasteiger partial charge in [0.2, 0.25) is 0 Å². The summed E-state index contributed by atoms with van der Waals surface area (Å²) in [6, 6.07) is 0. The number of hydrogen-bond acceptors (Lipinski definition) is 2. The quantitative estimate of drug-likeness (QED) is 0.353. The fraction of sp³-hybridized carbons (Fsp3) is 0.333. The first-order valence-electron chi connectivity index (χ1n) is 1.56. The number of thiol groups is 1. The second kappa shape index (κ2) is 4.30. The molecule has 1 unspecified atom stereocenters. The fourth-order valence-electron chi connectivity index (χ4n) is 0.0841. The van der Waals surface area contributed by atoms with Crippen LogP contribution in [0, 0.1) is 0 Å². The van der Waals surface area contributed by atoms with E-state index in [2.05, 4.69) is 10.8 Å². The van der Waals surface area contributed by atoms with Gasteiger partial charge in [-0.2, -0.15) is 0 Å². The van der Waals surface area contributed by atoms with E-state index in [9.17, 15) is 4.21 Å². The van der Waals surface area contributed by atoms with Crippen LogP contribution in [0.25, 0.3) is 0 Å². The Balaban J connectivity index is 3.15. The Hall–Kier alpha value is 0.140. The van der Waals surface area contributed by atoms with Crippen LogP contribution < -0.4 is 0 Å². The molecule has 1 atom stereocenters. The fourth-order valence-corrected chi connectivity index (χ4v) is 0.350. The summed E-state index contributed by atoms with van der Waals surface area (Å²) in [4.78, 5) is 0. The van der Waals surface area contributed by atoms with E-state index in [1.54, 1.807) is 0 Å². The van der Waals surface area contributed by atoms with Crippen molar-refractivity contribution in [3.05, 3.63) is 12.7 Å². The Kier molecular flexibility index (Phi) is 4.39. The van der Waals surface area contributed by atoms with Gasteiger partial charge in [0.15, 0.2) is 5.56 Å². The highest BCUT2D eigenvalue weighted by molar-refractivity contribution is 7.60. The molecule has 0 radical (unpaired) electrons. The molecule has 0 heterocycles. The lowest BCUT2D eigenvalue weighted by Crippen LogP contribution is -1.93. The normalized spacial score (nSPS) is 13.3. The van der Waals surface area contributed by atoms with E-state index >= 15 is 0 Å². The van der Waals surface area contributed by atoms with Crippen LogP contribution in [-0.4, -0.2) is 9.77 Å². The smallest absolute Gasteiger partial charge is 0.166 e. The summed E-state index contributed by atoms with van der Waals surface area (Å²) in [5, 5.41) is 0. The molecule has 0 fully saturated rings. The van der Waals surface area contributed by atoms with Crippen LogP contribution >= 0.6 is 11.6 Å². The van der Waals surface area contributed by atoms with Gasteiger partial charge in [0.05, 0.1) is 0 Å². The van der Waals surface area contributed by atoms with Gasteiger partial charge >= 0.3 is 0 Å². The highest BCUT2D eigenvalue weighted by Gasteiger charge is 1.91. The lowest BCUT2D eigenvalue weighted by atomic mass is 10.7. The monoisotopic (exact) mass is 140 g/mol. The van der Waals surface area contributed by atoms with E-state index in [4.69, 9.17) is 11.6 Å². The van der Waals surface area contributed by atoms with Gasteiger partial charge in [-0.15, -0.1) is 0 Å². The van der Waals surface area contributed by atoms with Gasteiger partial charge in [0, 0.05) is 0 Å². The maximum atomic E-state index is 9.52. The van der Waals surface area contributed by atoms with E-state index < -0.39 is 17.5 Å². The summed E-state index contributed by atoms with van der Waals surface area (Å²) < 4.78 is 13.8. The van der Waals surface area contributed by atoms with Gasteiger partial charge in [0.1, 0.15) is 11.9 Å². The minimum Gasteiger partial charge on any atom is -0.269 e. The highest BCUT2D eigenvalue weighted by Crippen LogP contribution is 1.95. The summed E-state index contributed by atoms with van der Waals surface area (Å²) in [7, 11) is 0. The van der Waals surface area contributed by atoms with Gasteiger partial charge in [-0.1, -0.05) is 18.2 Å². The van der Waals surface area contributed by atoms with Crippen molar-refractivity contribution in [2.24, 2.45) is 0 Å². The van der Waals surface area contributed by atoms with Crippen molar-refractivity contribution < 1.29 is 8.39 Å². The number of hydrogen-bond donors (Lipinski definition) is 1. The summed E-state index contributed by atoms with van der Waals surface area (Å²) in [6.45, 7) is 3.28. The number of rotatable bonds is 3. The van der Waals surface area contributed by atoms with E-state index in [0.29, 0.717) is 0 Å². The molecule has 0 aliphatic rings. The third-order valence-corrected chi connectivity index (χ3v) is 1.03. The van der Waals surface area contributed by atoms with Crippen molar-refractivity contribution in [3.8, 4) is 0 Å². The summed E-state index contributed by atoms with van der Waals surface area (Å²) in [6.07, 6.45) is 1.34. The van der Waals surface area contributed by atoms with Gasteiger partial charge in [-0.25, -0.2) is 4.21 Å². The first kappa shape index (κ1) is 7.14. The standard InChI is InChI=1S/C3H5ClO2S/c1-2-3(4)6-7-5/h2-3,7H,1H2. The highest BCUT2D eigenvalue weighted by atomic mass is 35.5. The van der Waals surface area contributed by atoms with Gasteiger partial charge in [0.25, 0.3) is 0 Å². The van der Waals surface area contributed by atoms with Crippen molar-refractivity contribution in [2.45, 2.75) is 5.56 Å². The molecule has 0 aromatic heterocycles. The summed E-state index contributed by atoms with van der Waals surface area (Å²) in [5.74, 6) is 0. The number of halogens is 1. The molecule has 0 aromatic rings. The van der Waals surface area contributed by atoms with Crippen LogP contribution in [0.15, 0.2) is 12.7 Å². The number of alkyl halides is 1. The van der Waals surface area contributed by atoms with Crippen LogP contribution in [0.1, 0.15) is 0 Å². The van der Waals surface area contributed by atoms with Crippen molar-refractivity contribution in [1.29, 1.82) is 0 Å². The van der Waals surface area contributed by atoms with E-state index in [1.807, 2.05) is 0 Å². The van der Waals surface area contributed by atoms with Crippen LogP contribution in [0.5, 0.6) is 0 Å². The largest absolute Gasteiger partial charge is 0.269 e. The predicted octanol–water partition coefficient (Wildman–Crippen LogP) is 0.614. The second-order valence-electron chi connectivity index (χ2n) is 0.767. The Morgan fingerprint density at radius 2 is 2.57 bits per heavy atom. The molecule has 0 N–H and O–H groups in total. The Labute approximate surface area is 50.8 Å². The second-order valence-corrected chi connectivity index (χ2v) is 1.56. The zero-order valence-corrected chi connectivity index (χ0v) is 5.15. The lowest BCUT2D eigenvalue weighted by molar-refractivity contribution is 0.370. The molecule has 4 heteroatoms. The van der Waals surface area contributed by atoms with Crippen molar-refractivity contribution in [3.63, 3.8) is 0 Å². The third-order valence-electron chi connectivity index (χ3n) is 0.329. The lowest BCUT2D eigenvalue weighted by Gasteiger charge is -1.92. The molecule has 0 aromatic carbocycles. The molecule has 42 valence electrons. The molecule has 0 aliphatic heterocycles. The van der Waals surface area contributed by atoms with Gasteiger partial charge in [-0.3, -0.25) is 4.18 Å². The van der Waals surface area contributed by atoms with Crippen molar-refractivity contribution in [2.75, 3.05) is 0 Å². The molecule has 0 bridgehead atoms. The Morgan fingerprint density at radius 3 is 2.71 bits per heavy atom. The SMILES string of the molecule is C=CC(Cl)O[SH]=O. The van der Waals surface area contributed by atoms with Crippen LogP contribution in [-0.2, 0) is 16.1 Å². The Morgan fingerprint density at radius 1 is 2.00 bits per heavy atom. The van der Waals surface area contributed by atoms with Crippen LogP contribution in [0.3, 0.4) is 0 Å². The molecule has 0 saturated heterocycles. The minimum absolute atomic E-state index is 0.414. The molecule has 2 nitrogen and oxygen atoms in total. The van der Waals surface area contributed by atoms with E-state index in [0.717, 1.165) is 0 Å². The average molecular weight is 141 g/mol. The predicted molar refractivity (Wildman–Crippen MR) is 30.5 cm³/mol. The van der Waals surface area contributed by atoms with Crippen molar-refractivity contribution >= 4 is 23.5 Å². The third kappa shape index (κ3) is 3.98. The maximum absolute atomic E-state index is 9.52. The Bertz CT molecular complexity index is 75.3. The van der Waals surface area contributed by atoms with E-state index in [1.165, 1.54) is 6.08 Å². The topological polar surface area (TPSA) is 26.3 Å². The molecule has 0 saturated carbocycles. The molecule has 7 heavy (non-hydrogen) atoms. The summed E-state index contributed by atoms with van der Waals surface area (Å²) >= 11 is 4.80. The van der Waals surface area contributed by atoms with Gasteiger partial charge in [-0.05, 0) is 6.08 Å². The molecule has 0 spiro atoms.